The average molecular weight is 1220 g/mol. The van der Waals surface area contributed by atoms with E-state index in [0.717, 1.165) is 28.5 Å². The number of hydrogen-bond donors (Lipinski definition) is 6. The SMILES string of the molecule is C=CCOC(=O)C1O[C@@H](Oc2ccc(OCc3ccc(C(=O)OC[C@H](O)CC)cc3)cc2C=O)C(O)[C@@H](O)[C@@H]1O.CC[C@@H](O)COC(=O)c1ccc(COc2ccc(C)c(C=O)c2)cc1.COCOc1ccc(OCc2ccc(C(=O)O)cc2)cc1C=O. The summed E-state index contributed by atoms with van der Waals surface area (Å²) in [7, 11) is 1.49. The van der Waals surface area contributed by atoms with Crippen LogP contribution < -0.4 is 23.7 Å². The number of hydrogen-bond acceptors (Lipinski definition) is 22. The number of carbonyl (C=O) groups is 7. The van der Waals surface area contributed by atoms with Crippen LogP contribution in [-0.2, 0) is 48.3 Å². The number of carboxylic acids is 1. The van der Waals surface area contributed by atoms with Gasteiger partial charge in [0.2, 0.25) is 6.29 Å². The summed E-state index contributed by atoms with van der Waals surface area (Å²) in [6.07, 6.45) is -5.65. The summed E-state index contributed by atoms with van der Waals surface area (Å²) in [6, 6.07) is 34.2. The van der Waals surface area contributed by atoms with Crippen molar-refractivity contribution in [3.05, 3.63) is 196 Å². The third-order valence-electron chi connectivity index (χ3n) is 12.9. The molecule has 468 valence electrons. The van der Waals surface area contributed by atoms with Gasteiger partial charge in [0.1, 0.15) is 93.0 Å². The van der Waals surface area contributed by atoms with Gasteiger partial charge in [-0.05, 0) is 127 Å². The molecule has 6 aromatic rings. The average Bonchev–Trinajstić information content (AvgIpc) is 3.55. The summed E-state index contributed by atoms with van der Waals surface area (Å²) in [5, 5.41) is 58.4. The Morgan fingerprint density at radius 2 is 0.989 bits per heavy atom. The zero-order valence-corrected chi connectivity index (χ0v) is 48.7. The lowest BCUT2D eigenvalue weighted by molar-refractivity contribution is -0.272. The minimum Gasteiger partial charge on any atom is -0.489 e. The van der Waals surface area contributed by atoms with Gasteiger partial charge >= 0.3 is 23.9 Å². The van der Waals surface area contributed by atoms with Crippen LogP contribution in [0, 0.1) is 6.92 Å². The zero-order chi connectivity index (χ0) is 64.1. The summed E-state index contributed by atoms with van der Waals surface area (Å²) in [5.74, 6) is -1.17. The second-order valence-corrected chi connectivity index (χ2v) is 19.3. The fourth-order valence-corrected chi connectivity index (χ4v) is 7.57. The molecule has 7 atom stereocenters. The Hall–Kier alpha value is -9.33. The number of aryl methyl sites for hydroxylation is 1. The van der Waals surface area contributed by atoms with E-state index in [1.807, 2.05) is 26.0 Å². The van der Waals surface area contributed by atoms with Crippen molar-refractivity contribution in [1.29, 1.82) is 0 Å². The van der Waals surface area contributed by atoms with Gasteiger partial charge in [-0.3, -0.25) is 14.4 Å². The van der Waals surface area contributed by atoms with Crippen molar-refractivity contribution in [1.82, 2.24) is 0 Å². The summed E-state index contributed by atoms with van der Waals surface area (Å²) in [6.45, 7) is 9.36. The molecule has 0 aromatic heterocycles. The molecule has 2 unspecified atom stereocenters. The molecule has 6 N–H and O–H groups in total. The molecule has 0 saturated carbocycles. The van der Waals surface area contributed by atoms with Gasteiger partial charge in [0.05, 0.1) is 40.0 Å². The first-order valence-corrected chi connectivity index (χ1v) is 27.4. The van der Waals surface area contributed by atoms with Gasteiger partial charge in [-0.2, -0.15) is 0 Å². The lowest BCUT2D eigenvalue weighted by atomic mass is 9.99. The molecule has 1 aliphatic heterocycles. The Labute approximate surface area is 507 Å². The molecule has 0 radical (unpaired) electrons. The quantitative estimate of drug-likeness (QED) is 0.00905. The molecule has 1 heterocycles. The fraction of sp³-hybridized carbons (Fsp3) is 0.308. The molecular formula is C65H70O23. The Bertz CT molecular complexity index is 3240. The molecule has 1 aliphatic rings. The summed E-state index contributed by atoms with van der Waals surface area (Å²) < 4.78 is 52.9. The van der Waals surface area contributed by atoms with E-state index in [2.05, 4.69) is 6.58 Å². The number of methoxy groups -OCH3 is 1. The maximum Gasteiger partial charge on any atom is 0.338 e. The molecule has 6 aromatic carbocycles. The van der Waals surface area contributed by atoms with Crippen molar-refractivity contribution in [2.45, 2.75) is 96.3 Å². The van der Waals surface area contributed by atoms with Crippen LogP contribution in [0.3, 0.4) is 0 Å². The van der Waals surface area contributed by atoms with Crippen LogP contribution >= 0.6 is 0 Å². The second-order valence-electron chi connectivity index (χ2n) is 19.3. The molecule has 1 saturated heterocycles. The summed E-state index contributed by atoms with van der Waals surface area (Å²) >= 11 is 0. The van der Waals surface area contributed by atoms with Gasteiger partial charge in [-0.1, -0.05) is 69.0 Å². The van der Waals surface area contributed by atoms with Crippen LogP contribution in [-0.4, -0.2) is 150 Å². The maximum atomic E-state index is 12.2. The predicted octanol–water partition coefficient (Wildman–Crippen LogP) is 6.99. The molecular weight excluding hydrogens is 1150 g/mol. The van der Waals surface area contributed by atoms with Gasteiger partial charge in [0, 0.05) is 12.7 Å². The van der Waals surface area contributed by atoms with Crippen LogP contribution in [0.4, 0.5) is 0 Å². The van der Waals surface area contributed by atoms with E-state index in [1.54, 1.807) is 91.9 Å². The lowest BCUT2D eigenvalue weighted by Gasteiger charge is -2.39. The lowest BCUT2D eigenvalue weighted by Crippen LogP contribution is -2.61. The van der Waals surface area contributed by atoms with Crippen LogP contribution in [0.5, 0.6) is 28.7 Å². The highest BCUT2D eigenvalue weighted by atomic mass is 16.7. The number of carboxylic acid groups (broad SMARTS) is 1. The van der Waals surface area contributed by atoms with Gasteiger partial charge in [0.15, 0.2) is 25.5 Å². The van der Waals surface area contributed by atoms with Crippen molar-refractivity contribution in [3.63, 3.8) is 0 Å². The normalized spacial score (nSPS) is 16.4. The standard InChI is InChI=1S/C28H32O12.C20H22O5.C17H16O6/c1-3-11-36-27(35)25-23(32)22(31)24(33)28(40-25)39-21-10-9-20(12-18(21)13-29)37-14-16-5-7-17(8-6-16)26(34)38-15-19(30)4-2;1-3-18(22)13-25-20(23)16-7-5-15(6-8-16)12-24-19-9-4-14(2)17(10-19)11-21;1-21-11-23-16-7-6-15(8-14(16)9-18)22-10-12-2-4-13(5-3-12)17(19)20/h3,5-10,12-13,19,22-25,28,30-33H,1,4,11,14-15H2,2H3;4-11,18,22H,3,12-13H2,1-2H3;2-9H,10-11H2,1H3,(H,19,20)/t19-,22+,23+,24?,25?,28-;18-;/m11./s1. The van der Waals surface area contributed by atoms with Crippen molar-refractivity contribution < 1.29 is 112 Å². The number of rotatable bonds is 29. The van der Waals surface area contributed by atoms with Crippen LogP contribution in [0.1, 0.15) is 111 Å². The first kappa shape index (κ1) is 69.4. The minimum absolute atomic E-state index is 0.00726. The van der Waals surface area contributed by atoms with Gasteiger partial charge < -0.3 is 78.0 Å². The van der Waals surface area contributed by atoms with Crippen LogP contribution in [0.25, 0.3) is 0 Å². The number of aldehydes is 3. The number of aliphatic hydroxyl groups excluding tert-OH is 5. The molecule has 0 bridgehead atoms. The molecule has 23 nitrogen and oxygen atoms in total. The van der Waals surface area contributed by atoms with Gasteiger partial charge in [-0.15, -0.1) is 0 Å². The number of ether oxygens (including phenoxy) is 10. The number of benzene rings is 6. The topological polar surface area (TPSA) is 333 Å². The molecule has 0 amide bonds. The Morgan fingerprint density at radius 3 is 1.42 bits per heavy atom. The van der Waals surface area contributed by atoms with Crippen molar-refractivity contribution in [2.24, 2.45) is 0 Å². The number of aromatic carboxylic acids is 1. The second kappa shape index (κ2) is 36.0. The third kappa shape index (κ3) is 21.6. The number of carbonyl (C=O) groups excluding carboxylic acids is 6. The molecule has 1 fully saturated rings. The number of esters is 3. The van der Waals surface area contributed by atoms with Crippen molar-refractivity contribution in [2.75, 3.05) is 33.7 Å². The largest absolute Gasteiger partial charge is 0.489 e. The van der Waals surface area contributed by atoms with E-state index in [1.165, 1.54) is 43.5 Å². The van der Waals surface area contributed by atoms with E-state index in [-0.39, 0.29) is 56.7 Å². The predicted molar refractivity (Wildman–Crippen MR) is 314 cm³/mol. The Balaban J connectivity index is 0.000000254. The van der Waals surface area contributed by atoms with E-state index in [9.17, 15) is 59.1 Å². The minimum atomic E-state index is -1.79. The van der Waals surface area contributed by atoms with Gasteiger partial charge in [-0.25, -0.2) is 19.2 Å². The van der Waals surface area contributed by atoms with E-state index in [4.69, 9.17) is 52.5 Å². The Morgan fingerprint density at radius 1 is 0.557 bits per heavy atom. The van der Waals surface area contributed by atoms with E-state index >= 15 is 0 Å². The highest BCUT2D eigenvalue weighted by Crippen LogP contribution is 2.30. The monoisotopic (exact) mass is 1220 g/mol. The van der Waals surface area contributed by atoms with Gasteiger partial charge in [0.25, 0.3) is 0 Å². The number of aliphatic hydroxyl groups is 5. The first-order chi connectivity index (χ1) is 42.3. The fourth-order valence-electron chi connectivity index (χ4n) is 7.57. The highest BCUT2D eigenvalue weighted by molar-refractivity contribution is 5.90. The maximum absolute atomic E-state index is 12.2. The van der Waals surface area contributed by atoms with Crippen LogP contribution in [0.15, 0.2) is 140 Å². The molecule has 0 spiro atoms. The molecule has 88 heavy (non-hydrogen) atoms. The molecule has 23 heteroatoms. The van der Waals surface area contributed by atoms with Crippen molar-refractivity contribution >= 4 is 42.7 Å². The summed E-state index contributed by atoms with van der Waals surface area (Å²) in [5.41, 5.74) is 5.27. The third-order valence-corrected chi connectivity index (χ3v) is 12.9. The summed E-state index contributed by atoms with van der Waals surface area (Å²) in [4.78, 5) is 80.7. The van der Waals surface area contributed by atoms with E-state index in [0.29, 0.717) is 77.3 Å². The van der Waals surface area contributed by atoms with Crippen molar-refractivity contribution in [3.8, 4) is 28.7 Å². The molecule has 7 rings (SSSR count). The highest BCUT2D eigenvalue weighted by Gasteiger charge is 2.49. The van der Waals surface area contributed by atoms with E-state index < -0.39 is 66.8 Å². The van der Waals surface area contributed by atoms with Crippen LogP contribution in [0.2, 0.25) is 0 Å². The Kier molecular flexibility index (Phi) is 28.4. The first-order valence-electron chi connectivity index (χ1n) is 27.4. The zero-order valence-electron chi connectivity index (χ0n) is 48.7. The molecule has 0 aliphatic carbocycles. The smallest absolute Gasteiger partial charge is 0.338 e.